The van der Waals surface area contributed by atoms with Crippen molar-refractivity contribution in [1.82, 2.24) is 0 Å². The van der Waals surface area contributed by atoms with Gasteiger partial charge in [-0.05, 0) is 44.1 Å². The Morgan fingerprint density at radius 2 is 1.64 bits per heavy atom. The van der Waals surface area contributed by atoms with Crippen molar-refractivity contribution in [1.29, 1.82) is 0 Å². The SMILES string of the molecule is C/C=C\c1ccccc1OCCCCC[N+]1=CN(c2c(C(C)C)cccc2C(C)C)CC1.[I-]. The van der Waals surface area contributed by atoms with Gasteiger partial charge in [-0.3, -0.25) is 4.58 Å². The van der Waals surface area contributed by atoms with Crippen LogP contribution < -0.4 is 33.6 Å². The predicted octanol–water partition coefficient (Wildman–Crippen LogP) is 4.08. The number of ether oxygens (including phenoxy) is 1. The van der Waals surface area contributed by atoms with Gasteiger partial charge in [0.25, 0.3) is 0 Å². The number of anilines is 1. The molecule has 4 heteroatoms. The van der Waals surface area contributed by atoms with E-state index in [4.69, 9.17) is 4.74 Å². The van der Waals surface area contributed by atoms with E-state index in [1.54, 1.807) is 0 Å². The highest BCUT2D eigenvalue weighted by atomic mass is 127. The molecule has 3 nitrogen and oxygen atoms in total. The van der Waals surface area contributed by atoms with Gasteiger partial charge in [-0.2, -0.15) is 0 Å². The lowest BCUT2D eigenvalue weighted by atomic mass is 9.92. The van der Waals surface area contributed by atoms with E-state index in [0.29, 0.717) is 11.8 Å². The fourth-order valence-corrected chi connectivity index (χ4v) is 4.44. The molecular formula is C29H41IN2O. The van der Waals surface area contributed by atoms with Gasteiger partial charge in [0.15, 0.2) is 0 Å². The summed E-state index contributed by atoms with van der Waals surface area (Å²) in [6.45, 7) is 15.3. The third kappa shape index (κ3) is 7.59. The molecule has 3 rings (SSSR count). The molecule has 2 aromatic rings. The molecule has 0 fully saturated rings. The van der Waals surface area contributed by atoms with Crippen molar-refractivity contribution in [3.63, 3.8) is 0 Å². The van der Waals surface area contributed by atoms with E-state index in [9.17, 15) is 0 Å². The van der Waals surface area contributed by atoms with Gasteiger partial charge in [-0.25, -0.2) is 4.90 Å². The number of halogens is 1. The number of para-hydroxylation sites is 2. The minimum absolute atomic E-state index is 0. The van der Waals surface area contributed by atoms with Gasteiger partial charge in [0.05, 0.1) is 13.2 Å². The zero-order chi connectivity index (χ0) is 22.9. The fraction of sp³-hybridized carbons (Fsp3) is 0.483. The van der Waals surface area contributed by atoms with Crippen molar-refractivity contribution in [3.05, 3.63) is 65.2 Å². The molecule has 0 radical (unpaired) electrons. The van der Waals surface area contributed by atoms with Crippen molar-refractivity contribution in [2.75, 3.05) is 31.1 Å². The minimum Gasteiger partial charge on any atom is -1.00 e. The van der Waals surface area contributed by atoms with Crippen LogP contribution in [0.2, 0.25) is 0 Å². The molecule has 0 aliphatic carbocycles. The Bertz CT molecular complexity index is 907. The third-order valence-corrected chi connectivity index (χ3v) is 6.17. The number of rotatable bonds is 11. The number of unbranched alkanes of at least 4 members (excludes halogenated alkanes) is 2. The van der Waals surface area contributed by atoms with Crippen molar-refractivity contribution in [2.45, 2.75) is 65.7 Å². The molecule has 0 atom stereocenters. The minimum atomic E-state index is 0. The number of hydrogen-bond acceptors (Lipinski definition) is 2. The Balaban J connectivity index is 0.00000385. The van der Waals surface area contributed by atoms with Gasteiger partial charge in [0.2, 0.25) is 6.34 Å². The summed E-state index contributed by atoms with van der Waals surface area (Å²) >= 11 is 0. The van der Waals surface area contributed by atoms with Gasteiger partial charge in [-0.15, -0.1) is 0 Å². The summed E-state index contributed by atoms with van der Waals surface area (Å²) in [6.07, 6.45) is 10.0. The van der Waals surface area contributed by atoms with Gasteiger partial charge in [0.1, 0.15) is 24.5 Å². The normalized spacial score (nSPS) is 13.7. The Morgan fingerprint density at radius 3 is 2.30 bits per heavy atom. The van der Waals surface area contributed by atoms with Crippen LogP contribution in [-0.4, -0.2) is 37.2 Å². The average molecular weight is 561 g/mol. The van der Waals surface area contributed by atoms with Gasteiger partial charge >= 0.3 is 0 Å². The lowest BCUT2D eigenvalue weighted by molar-refractivity contribution is -0.514. The average Bonchev–Trinajstić information content (AvgIpc) is 3.25. The van der Waals surface area contributed by atoms with E-state index < -0.39 is 0 Å². The maximum atomic E-state index is 6.03. The zero-order valence-corrected chi connectivity index (χ0v) is 23.2. The standard InChI is InChI=1S/C29H41N2O.HI/c1-6-13-25-14-8-9-17-28(25)32-21-11-7-10-18-30-19-20-31(22-30)29-26(23(2)3)15-12-16-27(29)24(4)5;/h6,8-9,12-17,22-24H,7,10-11,18-21H2,1-5H3;1H/q+1;/p-1/b13-6-;. The summed E-state index contributed by atoms with van der Waals surface area (Å²) in [4.78, 5) is 2.49. The van der Waals surface area contributed by atoms with Gasteiger partial charge in [0, 0.05) is 16.7 Å². The molecule has 0 amide bonds. The van der Waals surface area contributed by atoms with Crippen LogP contribution in [0.5, 0.6) is 5.75 Å². The topological polar surface area (TPSA) is 15.5 Å². The number of allylic oxidation sites excluding steroid dienone is 1. The summed E-state index contributed by atoms with van der Waals surface area (Å²) in [5.74, 6) is 2.05. The summed E-state index contributed by atoms with van der Waals surface area (Å²) in [7, 11) is 0. The van der Waals surface area contributed by atoms with Crippen LogP contribution in [0.15, 0.2) is 48.5 Å². The van der Waals surface area contributed by atoms with Crippen LogP contribution in [0.4, 0.5) is 5.69 Å². The molecule has 0 bridgehead atoms. The van der Waals surface area contributed by atoms with E-state index in [1.165, 1.54) is 29.7 Å². The summed E-state index contributed by atoms with van der Waals surface area (Å²) < 4.78 is 8.52. The third-order valence-electron chi connectivity index (χ3n) is 6.17. The smallest absolute Gasteiger partial charge is 0.239 e. The van der Waals surface area contributed by atoms with Crippen LogP contribution in [0.25, 0.3) is 6.08 Å². The molecular weight excluding hydrogens is 519 g/mol. The van der Waals surface area contributed by atoms with E-state index in [-0.39, 0.29) is 24.0 Å². The fourth-order valence-electron chi connectivity index (χ4n) is 4.44. The van der Waals surface area contributed by atoms with Crippen LogP contribution in [0.1, 0.15) is 82.4 Å². The van der Waals surface area contributed by atoms with Crippen molar-refractivity contribution in [2.24, 2.45) is 0 Å². The molecule has 0 N–H and O–H groups in total. The zero-order valence-electron chi connectivity index (χ0n) is 21.1. The Labute approximate surface area is 218 Å². The maximum absolute atomic E-state index is 6.03. The lowest BCUT2D eigenvalue weighted by Crippen LogP contribution is -3.00. The molecule has 180 valence electrons. The highest BCUT2D eigenvalue weighted by Crippen LogP contribution is 2.35. The number of hydrogen-bond donors (Lipinski definition) is 0. The molecule has 0 unspecified atom stereocenters. The first-order chi connectivity index (χ1) is 15.5. The second kappa shape index (κ2) is 13.8. The van der Waals surface area contributed by atoms with Crippen LogP contribution in [-0.2, 0) is 0 Å². The molecule has 0 spiro atoms. The Hall–Kier alpha value is -1.82. The molecule has 1 heterocycles. The van der Waals surface area contributed by atoms with Crippen LogP contribution >= 0.6 is 0 Å². The van der Waals surface area contributed by atoms with Crippen LogP contribution in [0, 0.1) is 0 Å². The first-order valence-electron chi connectivity index (χ1n) is 12.3. The first-order valence-corrected chi connectivity index (χ1v) is 12.3. The molecule has 0 saturated heterocycles. The monoisotopic (exact) mass is 560 g/mol. The Morgan fingerprint density at radius 1 is 0.939 bits per heavy atom. The van der Waals surface area contributed by atoms with Crippen molar-refractivity contribution < 1.29 is 33.3 Å². The Kier molecular flexibility index (Phi) is 11.5. The molecule has 1 aliphatic heterocycles. The highest BCUT2D eigenvalue weighted by Gasteiger charge is 2.27. The second-order valence-corrected chi connectivity index (χ2v) is 9.39. The van der Waals surface area contributed by atoms with Crippen molar-refractivity contribution >= 4 is 18.1 Å². The van der Waals surface area contributed by atoms with Crippen LogP contribution in [0.3, 0.4) is 0 Å². The summed E-state index contributed by atoms with van der Waals surface area (Å²) in [6, 6.07) is 15.1. The molecule has 2 aromatic carbocycles. The molecule has 1 aliphatic rings. The second-order valence-electron chi connectivity index (χ2n) is 9.39. The van der Waals surface area contributed by atoms with E-state index in [1.807, 2.05) is 13.0 Å². The van der Waals surface area contributed by atoms with E-state index in [2.05, 4.69) is 92.1 Å². The maximum Gasteiger partial charge on any atom is 0.239 e. The molecule has 0 aromatic heterocycles. The van der Waals surface area contributed by atoms with E-state index >= 15 is 0 Å². The largest absolute Gasteiger partial charge is 1.00 e. The van der Waals surface area contributed by atoms with E-state index in [0.717, 1.165) is 44.0 Å². The first kappa shape index (κ1) is 27.4. The van der Waals surface area contributed by atoms with Gasteiger partial charge in [-0.1, -0.05) is 76.2 Å². The van der Waals surface area contributed by atoms with Gasteiger partial charge < -0.3 is 28.7 Å². The predicted molar refractivity (Wildman–Crippen MR) is 139 cm³/mol. The molecule has 0 saturated carbocycles. The quantitative estimate of drug-likeness (QED) is 0.234. The summed E-state index contributed by atoms with van der Waals surface area (Å²) in [5.41, 5.74) is 5.52. The number of benzene rings is 2. The highest BCUT2D eigenvalue weighted by molar-refractivity contribution is 5.81. The lowest BCUT2D eigenvalue weighted by Gasteiger charge is -2.20. The van der Waals surface area contributed by atoms with Crippen molar-refractivity contribution in [3.8, 4) is 5.75 Å². The summed E-state index contributed by atoms with van der Waals surface area (Å²) in [5, 5.41) is 0. The molecule has 33 heavy (non-hydrogen) atoms. The number of nitrogens with zero attached hydrogens (tertiary/aromatic N) is 2.